The van der Waals surface area contributed by atoms with Crippen LogP contribution in [0, 0.1) is 0 Å². The van der Waals surface area contributed by atoms with Crippen LogP contribution in [0.5, 0.6) is 0 Å². The van der Waals surface area contributed by atoms with Crippen LogP contribution in [-0.2, 0) is 20.5 Å². The van der Waals surface area contributed by atoms with Gasteiger partial charge in [0.2, 0.25) is 10.0 Å². The van der Waals surface area contributed by atoms with Gasteiger partial charge in [0.05, 0.1) is 11.1 Å². The van der Waals surface area contributed by atoms with E-state index in [1.807, 2.05) is 58.0 Å². The van der Waals surface area contributed by atoms with Gasteiger partial charge in [-0.15, -0.1) is 0 Å². The van der Waals surface area contributed by atoms with E-state index in [1.54, 1.807) is 11.1 Å². The molecular weight excluding hydrogens is 490 g/mol. The molecule has 1 aliphatic heterocycles. The highest BCUT2D eigenvalue weighted by Gasteiger charge is 2.38. The summed E-state index contributed by atoms with van der Waals surface area (Å²) in [5.74, 6) is 0.920. The van der Waals surface area contributed by atoms with E-state index in [0.717, 1.165) is 35.2 Å². The van der Waals surface area contributed by atoms with Crippen LogP contribution in [0.3, 0.4) is 0 Å². The van der Waals surface area contributed by atoms with Crippen molar-refractivity contribution in [2.24, 2.45) is 0 Å². The molecule has 3 heterocycles. The molecule has 2 fully saturated rings. The molecule has 0 spiro atoms. The van der Waals surface area contributed by atoms with Crippen molar-refractivity contribution in [1.29, 1.82) is 0 Å². The van der Waals surface area contributed by atoms with Gasteiger partial charge in [0.15, 0.2) is 5.65 Å². The molecule has 2 aliphatic rings. The van der Waals surface area contributed by atoms with Gasteiger partial charge in [-0.3, -0.25) is 0 Å². The molecule has 0 unspecified atom stereocenters. The number of carbonyl (C=O) groups is 1. The van der Waals surface area contributed by atoms with Gasteiger partial charge in [0, 0.05) is 31.4 Å². The maximum absolute atomic E-state index is 13.5. The van der Waals surface area contributed by atoms with Crippen molar-refractivity contribution < 1.29 is 17.9 Å². The molecule has 5 rings (SSSR count). The summed E-state index contributed by atoms with van der Waals surface area (Å²) in [4.78, 5) is 25.9. The molecule has 0 N–H and O–H groups in total. The number of anilines is 1. The summed E-state index contributed by atoms with van der Waals surface area (Å²) in [6.07, 6.45) is 4.91. The molecular formula is C27H35N5O4S. The maximum Gasteiger partial charge on any atom is 0.410 e. The monoisotopic (exact) mass is 525 g/mol. The smallest absolute Gasteiger partial charge is 0.410 e. The average molecular weight is 526 g/mol. The van der Waals surface area contributed by atoms with Crippen molar-refractivity contribution in [1.82, 2.24) is 18.8 Å². The lowest BCUT2D eigenvalue weighted by atomic mass is 10.1. The average Bonchev–Trinajstić information content (AvgIpc) is 3.58. The van der Waals surface area contributed by atoms with Crippen LogP contribution in [0.1, 0.15) is 64.5 Å². The Labute approximate surface area is 218 Å². The number of nitrogens with zero attached hydrogens (tertiary/aromatic N) is 5. The Morgan fingerprint density at radius 3 is 2.41 bits per heavy atom. The van der Waals surface area contributed by atoms with Gasteiger partial charge in [0.1, 0.15) is 17.7 Å². The van der Waals surface area contributed by atoms with Gasteiger partial charge in [-0.05, 0) is 64.5 Å². The van der Waals surface area contributed by atoms with Gasteiger partial charge in [0.25, 0.3) is 0 Å². The minimum absolute atomic E-state index is 0.0434. The Morgan fingerprint density at radius 1 is 1.05 bits per heavy atom. The minimum Gasteiger partial charge on any atom is -0.444 e. The highest BCUT2D eigenvalue weighted by molar-refractivity contribution is 7.89. The fourth-order valence-corrected chi connectivity index (χ4v) is 6.46. The lowest BCUT2D eigenvalue weighted by molar-refractivity contribution is 0.0130. The predicted molar refractivity (Wildman–Crippen MR) is 143 cm³/mol. The maximum atomic E-state index is 13.5. The SMILES string of the molecule is C[C@@H]1CN(c2ncnc3c2c(C2CC2)cn3S(=O)(=O)Cc2ccccc2)[C@@H](C)CN1C(=O)OC(C)(C)C. The van der Waals surface area contributed by atoms with E-state index in [2.05, 4.69) is 21.8 Å². The molecule has 1 saturated heterocycles. The van der Waals surface area contributed by atoms with Crippen LogP contribution in [-0.4, -0.2) is 64.1 Å². The first-order valence-electron chi connectivity index (χ1n) is 12.8. The Balaban J connectivity index is 1.51. The van der Waals surface area contributed by atoms with Crippen molar-refractivity contribution in [2.45, 2.75) is 76.8 Å². The van der Waals surface area contributed by atoms with E-state index in [9.17, 15) is 13.2 Å². The Bertz CT molecular complexity index is 1410. The number of hydrogen-bond acceptors (Lipinski definition) is 7. The fourth-order valence-electron chi connectivity index (χ4n) is 5.03. The summed E-state index contributed by atoms with van der Waals surface area (Å²) in [5, 5.41) is 0.798. The topological polar surface area (TPSA) is 97.6 Å². The molecule has 9 nitrogen and oxygen atoms in total. The van der Waals surface area contributed by atoms with E-state index in [1.165, 1.54) is 10.3 Å². The lowest BCUT2D eigenvalue weighted by Gasteiger charge is -2.44. The fraction of sp³-hybridized carbons (Fsp3) is 0.519. The standard InChI is InChI=1S/C27H35N5O4S/c1-18-14-31(26(33)36-27(3,4)5)19(2)13-30(18)24-23-22(21-11-12-21)15-32(25(23)29-17-28-24)37(34,35)16-20-9-7-6-8-10-20/h6-10,15,17-19,21H,11-14,16H2,1-5H3/t18-,19+/m0/s1. The second-order valence-electron chi connectivity index (χ2n) is 11.3. The molecule has 0 radical (unpaired) electrons. The zero-order valence-corrected chi connectivity index (χ0v) is 22.9. The molecule has 1 amide bonds. The first kappa shape index (κ1) is 25.5. The van der Waals surface area contributed by atoms with Gasteiger partial charge < -0.3 is 14.5 Å². The van der Waals surface area contributed by atoms with Gasteiger partial charge >= 0.3 is 6.09 Å². The highest BCUT2D eigenvalue weighted by atomic mass is 32.2. The van der Waals surface area contributed by atoms with E-state index in [0.29, 0.717) is 24.7 Å². The van der Waals surface area contributed by atoms with E-state index < -0.39 is 15.6 Å². The summed E-state index contributed by atoms with van der Waals surface area (Å²) >= 11 is 0. The largest absolute Gasteiger partial charge is 0.444 e. The predicted octanol–water partition coefficient (Wildman–Crippen LogP) is 4.52. The molecule has 10 heteroatoms. The Morgan fingerprint density at radius 2 is 1.76 bits per heavy atom. The third-order valence-corrected chi connectivity index (χ3v) is 8.53. The zero-order valence-electron chi connectivity index (χ0n) is 22.1. The summed E-state index contributed by atoms with van der Waals surface area (Å²) in [6, 6.07) is 9.04. The third kappa shape index (κ3) is 5.16. The van der Waals surface area contributed by atoms with E-state index >= 15 is 0 Å². The molecule has 198 valence electrons. The number of aromatic nitrogens is 3. The number of piperazine rings is 1. The van der Waals surface area contributed by atoms with Crippen LogP contribution < -0.4 is 4.90 Å². The number of rotatable bonds is 5. The second-order valence-corrected chi connectivity index (χ2v) is 13.1. The number of benzene rings is 1. The molecule has 1 aliphatic carbocycles. The van der Waals surface area contributed by atoms with Crippen molar-refractivity contribution >= 4 is 33.0 Å². The molecule has 37 heavy (non-hydrogen) atoms. The summed E-state index contributed by atoms with van der Waals surface area (Å²) in [5.41, 5.74) is 1.56. The number of carbonyl (C=O) groups excluding carboxylic acids is 1. The van der Waals surface area contributed by atoms with Crippen LogP contribution in [0.25, 0.3) is 11.0 Å². The van der Waals surface area contributed by atoms with Gasteiger partial charge in [-0.2, -0.15) is 0 Å². The third-order valence-electron chi connectivity index (χ3n) is 6.96. The number of hydrogen-bond donors (Lipinski definition) is 0. The highest BCUT2D eigenvalue weighted by Crippen LogP contribution is 2.46. The zero-order chi connectivity index (χ0) is 26.5. The Hall–Kier alpha value is -3.14. The molecule has 2 atom stereocenters. The summed E-state index contributed by atoms with van der Waals surface area (Å²) in [6.45, 7) is 10.7. The molecule has 3 aromatic rings. The summed E-state index contributed by atoms with van der Waals surface area (Å²) < 4.78 is 34.1. The van der Waals surface area contributed by atoms with E-state index in [-0.39, 0.29) is 23.9 Å². The number of fused-ring (bicyclic) bond motifs is 1. The number of ether oxygens (including phenoxy) is 1. The van der Waals surface area contributed by atoms with Crippen LogP contribution in [0.2, 0.25) is 0 Å². The van der Waals surface area contributed by atoms with Crippen molar-refractivity contribution in [3.05, 3.63) is 54.0 Å². The lowest BCUT2D eigenvalue weighted by Crippen LogP contribution is -2.59. The van der Waals surface area contributed by atoms with E-state index in [4.69, 9.17) is 4.74 Å². The van der Waals surface area contributed by atoms with Gasteiger partial charge in [-0.1, -0.05) is 30.3 Å². The van der Waals surface area contributed by atoms with Crippen LogP contribution in [0.4, 0.5) is 10.6 Å². The molecule has 0 bridgehead atoms. The first-order valence-corrected chi connectivity index (χ1v) is 14.4. The second kappa shape index (κ2) is 9.31. The molecule has 1 aromatic carbocycles. The first-order chi connectivity index (χ1) is 17.4. The van der Waals surface area contributed by atoms with Crippen LogP contribution in [0.15, 0.2) is 42.9 Å². The van der Waals surface area contributed by atoms with Gasteiger partial charge in [-0.25, -0.2) is 27.2 Å². The molecule has 1 saturated carbocycles. The summed E-state index contributed by atoms with van der Waals surface area (Å²) in [7, 11) is -3.70. The minimum atomic E-state index is -3.70. The van der Waals surface area contributed by atoms with Crippen LogP contribution >= 0.6 is 0 Å². The Kier molecular flexibility index (Phi) is 6.42. The normalized spacial score (nSPS) is 20.9. The van der Waals surface area contributed by atoms with Crippen molar-refractivity contribution in [2.75, 3.05) is 18.0 Å². The van der Waals surface area contributed by atoms with Crippen molar-refractivity contribution in [3.63, 3.8) is 0 Å². The van der Waals surface area contributed by atoms with Crippen molar-refractivity contribution in [3.8, 4) is 0 Å². The molecule has 2 aromatic heterocycles. The quantitative estimate of drug-likeness (QED) is 0.483. The number of amides is 1.